The van der Waals surface area contributed by atoms with Gasteiger partial charge in [0.05, 0.1) is 13.2 Å². The number of imide groups is 1. The van der Waals surface area contributed by atoms with Gasteiger partial charge < -0.3 is 10.1 Å². The molecule has 3 rings (SSSR count). The highest BCUT2D eigenvalue weighted by Gasteiger charge is 2.33. The molecule has 0 atom stereocenters. The second-order valence-corrected chi connectivity index (χ2v) is 6.90. The van der Waals surface area contributed by atoms with Crippen molar-refractivity contribution in [2.75, 3.05) is 6.61 Å². The van der Waals surface area contributed by atoms with Crippen LogP contribution in [0.5, 0.6) is 5.75 Å². The summed E-state index contributed by atoms with van der Waals surface area (Å²) in [5, 5.41) is 2.65. The lowest BCUT2D eigenvalue weighted by atomic mass is 10.1. The first-order valence-electron chi connectivity index (χ1n) is 8.30. The molecule has 1 aliphatic heterocycles. The molecule has 1 aliphatic rings. The number of rotatable bonds is 5. The van der Waals surface area contributed by atoms with Crippen molar-refractivity contribution in [3.63, 3.8) is 0 Å². The van der Waals surface area contributed by atoms with Crippen molar-refractivity contribution in [2.45, 2.75) is 20.4 Å². The normalized spacial score (nSPS) is 15.5. The van der Waals surface area contributed by atoms with Gasteiger partial charge in [-0.15, -0.1) is 0 Å². The Kier molecular flexibility index (Phi) is 5.42. The van der Waals surface area contributed by atoms with Gasteiger partial charge in [0, 0.05) is 10.0 Å². The van der Waals surface area contributed by atoms with Gasteiger partial charge >= 0.3 is 6.03 Å². The molecule has 1 saturated heterocycles. The Balaban J connectivity index is 1.87. The number of nitrogens with zero attached hydrogens (tertiary/aromatic N) is 1. The number of amides is 3. The van der Waals surface area contributed by atoms with Gasteiger partial charge in [-0.05, 0) is 43.7 Å². The number of urea groups is 1. The van der Waals surface area contributed by atoms with E-state index in [0.29, 0.717) is 12.4 Å². The molecular weight excluding hydrogens is 396 g/mol. The molecule has 0 aliphatic carbocycles. The summed E-state index contributed by atoms with van der Waals surface area (Å²) in [5.41, 5.74) is 2.96. The summed E-state index contributed by atoms with van der Waals surface area (Å²) >= 11 is 3.42. The maximum absolute atomic E-state index is 12.7. The summed E-state index contributed by atoms with van der Waals surface area (Å²) in [4.78, 5) is 26.2. The van der Waals surface area contributed by atoms with Crippen molar-refractivity contribution < 1.29 is 14.3 Å². The van der Waals surface area contributed by atoms with Crippen LogP contribution in [0.3, 0.4) is 0 Å². The summed E-state index contributed by atoms with van der Waals surface area (Å²) < 4.78 is 6.46. The number of hydrogen-bond donors (Lipinski definition) is 1. The lowest BCUT2D eigenvalue weighted by Gasteiger charge is -2.12. The lowest BCUT2D eigenvalue weighted by Crippen LogP contribution is -2.30. The first-order chi connectivity index (χ1) is 12.5. The van der Waals surface area contributed by atoms with Crippen molar-refractivity contribution in [3.05, 3.63) is 69.3 Å². The van der Waals surface area contributed by atoms with E-state index in [1.165, 1.54) is 4.90 Å². The van der Waals surface area contributed by atoms with Crippen LogP contribution in [0.2, 0.25) is 0 Å². The highest BCUT2D eigenvalue weighted by Crippen LogP contribution is 2.27. The Hall–Kier alpha value is -2.60. The minimum atomic E-state index is -0.421. The van der Waals surface area contributed by atoms with Crippen molar-refractivity contribution in [2.24, 2.45) is 0 Å². The topological polar surface area (TPSA) is 58.6 Å². The molecule has 1 N–H and O–H groups in total. The minimum Gasteiger partial charge on any atom is -0.493 e. The van der Waals surface area contributed by atoms with Crippen LogP contribution in [0.25, 0.3) is 6.08 Å². The maximum Gasteiger partial charge on any atom is 0.329 e. The van der Waals surface area contributed by atoms with Gasteiger partial charge in [-0.25, -0.2) is 4.79 Å². The third-order valence-electron chi connectivity index (χ3n) is 3.96. The van der Waals surface area contributed by atoms with Crippen LogP contribution in [0.4, 0.5) is 4.79 Å². The first kappa shape index (κ1) is 18.2. The Morgan fingerprint density at radius 2 is 2.00 bits per heavy atom. The van der Waals surface area contributed by atoms with E-state index < -0.39 is 6.03 Å². The van der Waals surface area contributed by atoms with E-state index in [1.54, 1.807) is 6.08 Å². The molecule has 1 fully saturated rings. The van der Waals surface area contributed by atoms with Crippen molar-refractivity contribution in [1.82, 2.24) is 10.2 Å². The summed E-state index contributed by atoms with van der Waals surface area (Å²) in [6.07, 6.45) is 1.65. The van der Waals surface area contributed by atoms with E-state index in [9.17, 15) is 9.59 Å². The zero-order chi connectivity index (χ0) is 18.7. The quantitative estimate of drug-likeness (QED) is 0.587. The molecule has 2 aromatic rings. The van der Waals surface area contributed by atoms with E-state index in [1.807, 2.05) is 56.3 Å². The van der Waals surface area contributed by atoms with Crippen LogP contribution in [0.1, 0.15) is 23.6 Å². The molecule has 26 heavy (non-hydrogen) atoms. The highest BCUT2D eigenvalue weighted by atomic mass is 79.9. The van der Waals surface area contributed by atoms with Gasteiger partial charge in [0.15, 0.2) is 0 Å². The summed E-state index contributed by atoms with van der Waals surface area (Å²) in [7, 11) is 0. The molecule has 0 aromatic heterocycles. The number of carbonyl (C=O) groups is 2. The van der Waals surface area contributed by atoms with Gasteiger partial charge in [-0.2, -0.15) is 0 Å². The molecule has 6 heteroatoms. The molecule has 0 unspecified atom stereocenters. The van der Waals surface area contributed by atoms with Gasteiger partial charge in [0.1, 0.15) is 11.4 Å². The summed E-state index contributed by atoms with van der Waals surface area (Å²) in [6, 6.07) is 12.9. The Bertz CT molecular complexity index is 892. The van der Waals surface area contributed by atoms with Crippen LogP contribution in [0, 0.1) is 6.92 Å². The fourth-order valence-electron chi connectivity index (χ4n) is 2.78. The number of hydrogen-bond acceptors (Lipinski definition) is 3. The van der Waals surface area contributed by atoms with Crippen LogP contribution in [-0.4, -0.2) is 23.4 Å². The molecular formula is C20H19BrN2O3. The zero-order valence-electron chi connectivity index (χ0n) is 14.6. The molecule has 1 heterocycles. The summed E-state index contributed by atoms with van der Waals surface area (Å²) in [6.45, 7) is 4.62. The molecule has 134 valence electrons. The first-order valence-corrected chi connectivity index (χ1v) is 9.09. The number of carbonyl (C=O) groups excluding carboxylic acids is 2. The second kappa shape index (κ2) is 7.74. The van der Waals surface area contributed by atoms with E-state index in [2.05, 4.69) is 21.2 Å². The van der Waals surface area contributed by atoms with E-state index >= 15 is 0 Å². The Morgan fingerprint density at radius 3 is 2.73 bits per heavy atom. The van der Waals surface area contributed by atoms with Crippen LogP contribution in [-0.2, 0) is 11.3 Å². The van der Waals surface area contributed by atoms with Gasteiger partial charge in [0.2, 0.25) is 0 Å². The van der Waals surface area contributed by atoms with Crippen LogP contribution < -0.4 is 10.1 Å². The highest BCUT2D eigenvalue weighted by molar-refractivity contribution is 9.10. The number of nitrogens with one attached hydrogen (secondary N) is 1. The van der Waals surface area contributed by atoms with Crippen LogP contribution >= 0.6 is 15.9 Å². The molecule has 3 amide bonds. The summed E-state index contributed by atoms with van der Waals surface area (Å²) in [5.74, 6) is 0.307. The predicted octanol–water partition coefficient (Wildman–Crippen LogP) is 4.25. The van der Waals surface area contributed by atoms with E-state index in [-0.39, 0.29) is 18.1 Å². The minimum absolute atomic E-state index is 0.237. The van der Waals surface area contributed by atoms with Crippen molar-refractivity contribution in [1.29, 1.82) is 0 Å². The molecule has 5 nitrogen and oxygen atoms in total. The number of halogens is 1. The average molecular weight is 415 g/mol. The zero-order valence-corrected chi connectivity index (χ0v) is 16.2. The molecule has 2 aromatic carbocycles. The van der Waals surface area contributed by atoms with Gasteiger partial charge in [0.25, 0.3) is 5.91 Å². The third-order valence-corrected chi connectivity index (χ3v) is 4.45. The predicted molar refractivity (Wildman–Crippen MR) is 104 cm³/mol. The van der Waals surface area contributed by atoms with E-state index in [4.69, 9.17) is 4.74 Å². The van der Waals surface area contributed by atoms with Crippen LogP contribution in [0.15, 0.2) is 52.6 Å². The molecule has 0 spiro atoms. The van der Waals surface area contributed by atoms with E-state index in [0.717, 1.165) is 21.2 Å². The van der Waals surface area contributed by atoms with Gasteiger partial charge in [-0.3, -0.25) is 9.69 Å². The number of ether oxygens (including phenoxy) is 1. The number of aryl methyl sites for hydroxylation is 1. The number of benzene rings is 2. The molecule has 0 bridgehead atoms. The maximum atomic E-state index is 12.7. The Morgan fingerprint density at radius 1 is 1.19 bits per heavy atom. The van der Waals surface area contributed by atoms with Crippen molar-refractivity contribution >= 4 is 33.9 Å². The fourth-order valence-corrected chi connectivity index (χ4v) is 3.16. The monoisotopic (exact) mass is 414 g/mol. The smallest absolute Gasteiger partial charge is 0.329 e. The third kappa shape index (κ3) is 3.96. The van der Waals surface area contributed by atoms with Crippen molar-refractivity contribution in [3.8, 4) is 5.75 Å². The molecule has 0 saturated carbocycles. The SMILES string of the molecule is CCOc1ccc(Br)cc1/C=C1/NC(=O)N(Cc2cccc(C)c2)C1=O. The van der Waals surface area contributed by atoms with Gasteiger partial charge in [-0.1, -0.05) is 45.8 Å². The largest absolute Gasteiger partial charge is 0.493 e. The standard InChI is InChI=1S/C20H19BrN2O3/c1-3-26-18-8-7-16(21)10-15(18)11-17-19(24)23(20(25)22-17)12-14-6-4-5-13(2)9-14/h4-11H,3,12H2,1-2H3,(H,22,25)/b17-11+. The fraction of sp³-hybridized carbons (Fsp3) is 0.200. The lowest BCUT2D eigenvalue weighted by molar-refractivity contribution is -0.123. The average Bonchev–Trinajstić information content (AvgIpc) is 2.85. The second-order valence-electron chi connectivity index (χ2n) is 5.98. The Labute approximate surface area is 160 Å². The molecule has 0 radical (unpaired) electrons.